The quantitative estimate of drug-likeness (QED) is 0.0459. The Labute approximate surface area is 301 Å². The fraction of sp³-hybridized carbons (Fsp3) is 0.242. The van der Waals surface area contributed by atoms with Gasteiger partial charge in [-0.05, 0) is 89.9 Å². The Bertz CT molecular complexity index is 2400. The molecule has 8 nitrogen and oxygen atoms in total. The molecule has 5 rings (SSSR count). The highest BCUT2D eigenvalue weighted by atomic mass is 79.9. The number of benzene rings is 4. The topological polar surface area (TPSA) is 102 Å². The van der Waals surface area contributed by atoms with Crippen LogP contribution >= 0.6 is 31.9 Å². The van der Waals surface area contributed by atoms with Crippen molar-refractivity contribution in [3.8, 4) is 22.5 Å². The summed E-state index contributed by atoms with van der Waals surface area (Å²) in [5, 5.41) is 1.22. The van der Waals surface area contributed by atoms with Crippen molar-refractivity contribution in [3.63, 3.8) is 0 Å². The fourth-order valence-corrected chi connectivity index (χ4v) is 9.51. The Balaban J connectivity index is 1.85. The summed E-state index contributed by atoms with van der Waals surface area (Å²) in [6.45, 7) is 10.6. The minimum atomic E-state index is -6.05. The monoisotopic (exact) mass is 863 g/mol. The van der Waals surface area contributed by atoms with Gasteiger partial charge in [0.25, 0.3) is 0 Å². The van der Waals surface area contributed by atoms with Crippen LogP contribution in [0.3, 0.4) is 0 Å². The van der Waals surface area contributed by atoms with Gasteiger partial charge in [-0.25, -0.2) is 43.4 Å². The molecule has 0 radical (unpaired) electrons. The molecule has 0 fully saturated rings. The average Bonchev–Trinajstić information content (AvgIpc) is 3.06. The summed E-state index contributed by atoms with van der Waals surface area (Å²) in [6, 6.07) is 13.0. The lowest BCUT2D eigenvalue weighted by Crippen LogP contribution is -2.29. The zero-order valence-corrected chi connectivity index (χ0v) is 31.6. The summed E-state index contributed by atoms with van der Waals surface area (Å²) in [6.07, 6.45) is 0. The molecule has 3 aromatic carbocycles. The largest absolute Gasteiger partial charge is 0.456 e. The second kappa shape index (κ2) is 14.3. The second-order valence-electron chi connectivity index (χ2n) is 10.9. The number of rotatable bonds is 10. The first kappa shape index (κ1) is 37.9. The van der Waals surface area contributed by atoms with Crippen LogP contribution in [-0.2, 0) is 20.0 Å². The third-order valence-corrected chi connectivity index (χ3v) is 13.3. The number of fused-ring (bicyclic) bond motifs is 2. The van der Waals surface area contributed by atoms with Crippen LogP contribution in [0.2, 0.25) is 0 Å². The predicted octanol–water partition coefficient (Wildman–Crippen LogP) is 8.53. The van der Waals surface area contributed by atoms with Crippen molar-refractivity contribution >= 4 is 68.6 Å². The summed E-state index contributed by atoms with van der Waals surface area (Å²) < 4.78 is 137. The van der Waals surface area contributed by atoms with Gasteiger partial charge >= 0.3 is 0 Å². The van der Waals surface area contributed by atoms with E-state index in [1.807, 2.05) is 39.8 Å². The molecule has 1 aliphatic carbocycles. The molecular formula is C33H28Br2F5N3O5S2. The first-order valence-corrected chi connectivity index (χ1v) is 19.6. The molecule has 0 saturated heterocycles. The molecule has 0 atom stereocenters. The lowest BCUT2D eigenvalue weighted by Gasteiger charge is -2.26. The molecule has 0 bridgehead atoms. The normalized spacial score (nSPS) is 12.2. The van der Waals surface area contributed by atoms with Crippen LogP contribution in [0.1, 0.15) is 27.7 Å². The molecular weight excluding hydrogens is 837 g/mol. The second-order valence-corrected chi connectivity index (χ2v) is 15.9. The van der Waals surface area contributed by atoms with Crippen molar-refractivity contribution in [3.05, 3.63) is 96.0 Å². The maximum absolute atomic E-state index is 14.6. The van der Waals surface area contributed by atoms with Crippen LogP contribution in [-0.4, -0.2) is 43.0 Å². The Kier molecular flexibility index (Phi) is 10.9. The standard InChI is InChI=1S/C33H28Br2F5N3O5S2/c1-5-42(6-2)17-9-11-19-24(13-17)48-25-14-18(43(7-3)8-4)10-12-20(25)27(19)21-15-22(34)23(35)16-26(21)49(44,45)41-50(46,47)33-31(39)29(37)28(36)30(38)32(33)40/h9-16H,5-8H2,1-4H3. The van der Waals surface area contributed by atoms with Crippen molar-refractivity contribution in [2.75, 3.05) is 31.1 Å². The number of nitrogens with zero attached hydrogens (tertiary/aromatic N) is 3. The summed E-state index contributed by atoms with van der Waals surface area (Å²) in [5.41, 5.74) is 1.74. The highest BCUT2D eigenvalue weighted by molar-refractivity contribution is 9.13. The summed E-state index contributed by atoms with van der Waals surface area (Å²) in [4.78, 5) is -1.09. The maximum atomic E-state index is 14.6. The number of hydrogen-bond acceptors (Lipinski definition) is 6. The van der Waals surface area contributed by atoms with Gasteiger partial charge in [-0.3, -0.25) is 0 Å². The van der Waals surface area contributed by atoms with Crippen LogP contribution < -0.4 is 14.8 Å². The minimum Gasteiger partial charge on any atom is -0.456 e. The highest BCUT2D eigenvalue weighted by Gasteiger charge is 2.32. The molecule has 1 aliphatic heterocycles. The number of hydrogen-bond donors (Lipinski definition) is 0. The smallest absolute Gasteiger partial charge is 0.203 e. The zero-order valence-electron chi connectivity index (χ0n) is 26.8. The number of anilines is 1. The Hall–Kier alpha value is -3.38. The lowest BCUT2D eigenvalue weighted by atomic mass is 9.93. The third kappa shape index (κ3) is 6.69. The highest BCUT2D eigenvalue weighted by Crippen LogP contribution is 2.46. The van der Waals surface area contributed by atoms with E-state index in [9.17, 15) is 38.8 Å². The third-order valence-electron chi connectivity index (χ3n) is 8.14. The molecule has 266 valence electrons. The van der Waals surface area contributed by atoms with Crippen LogP contribution in [0.15, 0.2) is 71.7 Å². The Morgan fingerprint density at radius 1 is 0.720 bits per heavy atom. The minimum absolute atomic E-state index is 0.103. The van der Waals surface area contributed by atoms with Gasteiger partial charge in [0.2, 0.25) is 11.2 Å². The van der Waals surface area contributed by atoms with Crippen LogP contribution in [0.4, 0.5) is 27.6 Å². The predicted molar refractivity (Wildman–Crippen MR) is 188 cm³/mol. The molecule has 3 aromatic rings. The molecule has 1 heterocycles. The Morgan fingerprint density at radius 3 is 1.88 bits per heavy atom. The van der Waals surface area contributed by atoms with Gasteiger partial charge < -0.3 is 13.4 Å². The lowest BCUT2D eigenvalue weighted by molar-refractivity contribution is 0.358. The van der Waals surface area contributed by atoms with Crippen molar-refractivity contribution in [1.29, 1.82) is 0 Å². The summed E-state index contributed by atoms with van der Waals surface area (Å²) in [5.74, 6) is -13.0. The summed E-state index contributed by atoms with van der Waals surface area (Å²) in [7, 11) is -11.5. The van der Waals surface area contributed by atoms with Crippen LogP contribution in [0, 0.1) is 29.1 Å². The van der Waals surface area contributed by atoms with Gasteiger partial charge in [-0.1, -0.05) is 0 Å². The van der Waals surface area contributed by atoms with Crippen molar-refractivity contribution < 1.29 is 43.2 Å². The van der Waals surface area contributed by atoms with Crippen molar-refractivity contribution in [1.82, 2.24) is 4.58 Å². The molecule has 0 aromatic heterocycles. The fourth-order valence-electron chi connectivity index (χ4n) is 5.68. The first-order chi connectivity index (χ1) is 23.5. The van der Waals surface area contributed by atoms with Crippen molar-refractivity contribution in [2.45, 2.75) is 37.5 Å². The van der Waals surface area contributed by atoms with E-state index in [0.717, 1.165) is 17.1 Å². The van der Waals surface area contributed by atoms with E-state index in [-0.39, 0.29) is 15.6 Å². The molecule has 0 unspecified atom stereocenters. The van der Waals surface area contributed by atoms with Crippen LogP contribution in [0.25, 0.3) is 37.5 Å². The van der Waals surface area contributed by atoms with Gasteiger partial charge in [-0.2, -0.15) is 0 Å². The first-order valence-electron chi connectivity index (χ1n) is 15.1. The SMILES string of the molecule is CCN(CC)c1ccc2c(-c3cc(Br)c(Br)cc3S(=O)(=O)[N-]S(=O)(=O)c3c(F)c(F)c(F)c(F)c3F)c3ccc(=[N+](CC)CC)cc-3oc2c1. The molecule has 17 heteroatoms. The molecule has 0 spiro atoms. The zero-order chi connectivity index (χ0) is 36.9. The van der Waals surface area contributed by atoms with Crippen molar-refractivity contribution in [2.24, 2.45) is 0 Å². The van der Waals surface area contributed by atoms with E-state index < -0.39 is 58.9 Å². The molecule has 0 saturated carbocycles. The van der Waals surface area contributed by atoms with E-state index in [0.29, 0.717) is 52.9 Å². The van der Waals surface area contributed by atoms with E-state index in [1.165, 1.54) is 6.07 Å². The number of halogens is 7. The van der Waals surface area contributed by atoms with Gasteiger partial charge in [0.05, 0.1) is 11.0 Å². The van der Waals surface area contributed by atoms with Gasteiger partial charge in [0.15, 0.2) is 23.3 Å². The van der Waals surface area contributed by atoms with Gasteiger partial charge in [-0.15, -0.1) is 0 Å². The van der Waals surface area contributed by atoms with E-state index in [2.05, 4.69) is 45.5 Å². The molecule has 0 N–H and O–H groups in total. The van der Waals surface area contributed by atoms with E-state index >= 15 is 0 Å². The Morgan fingerprint density at radius 2 is 1.30 bits per heavy atom. The average molecular weight is 866 g/mol. The van der Waals surface area contributed by atoms with E-state index in [4.69, 9.17) is 4.42 Å². The van der Waals surface area contributed by atoms with Crippen LogP contribution in [0.5, 0.6) is 0 Å². The molecule has 2 aliphatic rings. The van der Waals surface area contributed by atoms with Gasteiger partial charge in [0, 0.05) is 61.9 Å². The maximum Gasteiger partial charge on any atom is 0.203 e. The summed E-state index contributed by atoms with van der Waals surface area (Å²) >= 11 is 6.57. The molecule has 50 heavy (non-hydrogen) atoms. The van der Waals surface area contributed by atoms with Gasteiger partial charge in [0.1, 0.15) is 49.4 Å². The molecule has 0 amide bonds. The number of sulfonamides is 2. The van der Waals surface area contributed by atoms with E-state index in [1.54, 1.807) is 24.3 Å².